The molecule has 1 fully saturated rings. The number of carbonyl (C=O) groups is 1. The van der Waals surface area contributed by atoms with E-state index in [2.05, 4.69) is 0 Å². The van der Waals surface area contributed by atoms with Gasteiger partial charge >= 0.3 is 0 Å². The van der Waals surface area contributed by atoms with Crippen LogP contribution in [0, 0.1) is 0 Å². The number of rotatable bonds is 5. The molecule has 0 spiro atoms. The van der Waals surface area contributed by atoms with Gasteiger partial charge in [-0.2, -0.15) is 0 Å². The van der Waals surface area contributed by atoms with E-state index in [1.54, 1.807) is 30.2 Å². The number of carbonyl (C=O) groups excluding carboxylic acids is 1. The van der Waals surface area contributed by atoms with Crippen LogP contribution in [0.5, 0.6) is 17.2 Å². The first-order chi connectivity index (χ1) is 14.7. The molecule has 5 rings (SSSR count). The van der Waals surface area contributed by atoms with Crippen molar-refractivity contribution in [3.63, 3.8) is 0 Å². The minimum absolute atomic E-state index is 0.0000633. The topological polar surface area (TPSA) is 70.1 Å². The first-order valence-corrected chi connectivity index (χ1v) is 10.8. The van der Waals surface area contributed by atoms with Gasteiger partial charge in [0, 0.05) is 12.2 Å². The Bertz CT molecular complexity index is 1080. The largest absolute Gasteiger partial charge is 0.494 e. The van der Waals surface area contributed by atoms with Crippen LogP contribution < -0.4 is 19.1 Å². The second-order valence-electron chi connectivity index (χ2n) is 7.21. The van der Waals surface area contributed by atoms with Crippen LogP contribution in [0.1, 0.15) is 23.2 Å². The number of hydrogen-bond donors (Lipinski definition) is 0. The summed E-state index contributed by atoms with van der Waals surface area (Å²) in [4.78, 5) is 20.0. The van der Waals surface area contributed by atoms with Crippen molar-refractivity contribution in [2.24, 2.45) is 0 Å². The van der Waals surface area contributed by atoms with Gasteiger partial charge in [0.1, 0.15) is 24.5 Å². The summed E-state index contributed by atoms with van der Waals surface area (Å²) < 4.78 is 23.5. The van der Waals surface area contributed by atoms with Crippen molar-refractivity contribution in [2.45, 2.75) is 18.9 Å². The molecule has 0 aliphatic carbocycles. The van der Waals surface area contributed by atoms with Crippen LogP contribution >= 0.6 is 11.3 Å². The molecule has 1 atom stereocenters. The van der Waals surface area contributed by atoms with E-state index >= 15 is 0 Å². The van der Waals surface area contributed by atoms with Crippen LogP contribution in [0.25, 0.3) is 10.2 Å². The van der Waals surface area contributed by atoms with E-state index in [9.17, 15) is 4.79 Å². The van der Waals surface area contributed by atoms with E-state index in [4.69, 9.17) is 23.9 Å². The third-order valence-corrected chi connectivity index (χ3v) is 6.31. The van der Waals surface area contributed by atoms with Gasteiger partial charge in [0.25, 0.3) is 5.91 Å². The molecule has 3 aromatic rings. The Hall–Kier alpha value is -2.84. The average molecular weight is 426 g/mol. The molecule has 1 aromatic heterocycles. The third kappa shape index (κ3) is 3.57. The summed E-state index contributed by atoms with van der Waals surface area (Å²) in [5, 5.41) is 0.630. The van der Waals surface area contributed by atoms with Gasteiger partial charge in [-0.3, -0.25) is 9.69 Å². The highest BCUT2D eigenvalue weighted by Gasteiger charge is 2.28. The molecule has 0 bridgehead atoms. The molecule has 0 saturated carbocycles. The second-order valence-corrected chi connectivity index (χ2v) is 8.22. The van der Waals surface area contributed by atoms with E-state index in [0.717, 1.165) is 29.7 Å². The highest BCUT2D eigenvalue weighted by molar-refractivity contribution is 7.22. The highest BCUT2D eigenvalue weighted by Crippen LogP contribution is 2.36. The van der Waals surface area contributed by atoms with E-state index in [1.807, 2.05) is 18.2 Å². The van der Waals surface area contributed by atoms with Crippen molar-refractivity contribution in [3.05, 3.63) is 42.0 Å². The summed E-state index contributed by atoms with van der Waals surface area (Å²) in [6.45, 7) is 2.17. The molecule has 156 valence electrons. The van der Waals surface area contributed by atoms with Gasteiger partial charge in [-0.25, -0.2) is 4.98 Å². The van der Waals surface area contributed by atoms with Crippen LogP contribution in [0.2, 0.25) is 0 Å². The van der Waals surface area contributed by atoms with Crippen molar-refractivity contribution < 1.29 is 23.7 Å². The molecule has 30 heavy (non-hydrogen) atoms. The molecular weight excluding hydrogens is 404 g/mol. The molecule has 2 aliphatic heterocycles. The number of nitrogens with zero attached hydrogens (tertiary/aromatic N) is 2. The second kappa shape index (κ2) is 8.12. The predicted octanol–water partition coefficient (Wildman–Crippen LogP) is 3.90. The number of ether oxygens (including phenoxy) is 4. The number of fused-ring (bicyclic) bond motifs is 2. The van der Waals surface area contributed by atoms with Crippen molar-refractivity contribution in [3.8, 4) is 17.2 Å². The average Bonchev–Trinajstić information content (AvgIpc) is 3.46. The van der Waals surface area contributed by atoms with Gasteiger partial charge in [-0.05, 0) is 43.2 Å². The molecule has 8 heteroatoms. The third-order valence-electron chi connectivity index (χ3n) is 5.27. The minimum atomic E-state index is -0.138. The van der Waals surface area contributed by atoms with Gasteiger partial charge in [-0.15, -0.1) is 0 Å². The van der Waals surface area contributed by atoms with E-state index in [0.29, 0.717) is 47.7 Å². The number of methoxy groups -OCH3 is 1. The first kappa shape index (κ1) is 19.1. The zero-order chi connectivity index (χ0) is 20.5. The number of thiazole rings is 1. The quantitative estimate of drug-likeness (QED) is 0.616. The summed E-state index contributed by atoms with van der Waals surface area (Å²) in [5.41, 5.74) is 1.29. The zero-order valence-electron chi connectivity index (χ0n) is 16.6. The lowest BCUT2D eigenvalue weighted by Crippen LogP contribution is -2.37. The lowest BCUT2D eigenvalue weighted by Gasteiger charge is -2.24. The van der Waals surface area contributed by atoms with Crippen LogP contribution in [-0.4, -0.2) is 50.5 Å². The zero-order valence-corrected chi connectivity index (χ0v) is 17.4. The van der Waals surface area contributed by atoms with Crippen LogP contribution in [0.15, 0.2) is 36.4 Å². The summed E-state index contributed by atoms with van der Waals surface area (Å²) in [5.74, 6) is 1.81. The van der Waals surface area contributed by atoms with Crippen molar-refractivity contribution in [2.75, 3.05) is 38.4 Å². The summed E-state index contributed by atoms with van der Waals surface area (Å²) >= 11 is 1.47. The van der Waals surface area contributed by atoms with E-state index < -0.39 is 0 Å². The lowest BCUT2D eigenvalue weighted by atomic mass is 10.1. The fraction of sp³-hybridized carbons (Fsp3) is 0.364. The lowest BCUT2D eigenvalue weighted by molar-refractivity contribution is 0.0916. The number of amides is 1. The van der Waals surface area contributed by atoms with Crippen LogP contribution in [-0.2, 0) is 4.74 Å². The van der Waals surface area contributed by atoms with Gasteiger partial charge < -0.3 is 18.9 Å². The van der Waals surface area contributed by atoms with Crippen molar-refractivity contribution >= 4 is 32.6 Å². The van der Waals surface area contributed by atoms with E-state index in [-0.39, 0.29) is 12.0 Å². The van der Waals surface area contributed by atoms with Gasteiger partial charge in [-0.1, -0.05) is 17.4 Å². The molecule has 1 unspecified atom stereocenters. The number of anilines is 1. The van der Waals surface area contributed by atoms with Gasteiger partial charge in [0.05, 0.1) is 24.5 Å². The minimum Gasteiger partial charge on any atom is -0.494 e. The maximum atomic E-state index is 13.6. The molecule has 0 radical (unpaired) electrons. The van der Waals surface area contributed by atoms with Crippen molar-refractivity contribution in [1.82, 2.24) is 4.98 Å². The maximum absolute atomic E-state index is 13.6. The fourth-order valence-electron chi connectivity index (χ4n) is 3.76. The summed E-state index contributed by atoms with van der Waals surface area (Å²) in [7, 11) is 1.62. The number of aromatic nitrogens is 1. The molecule has 3 heterocycles. The molecule has 1 amide bonds. The predicted molar refractivity (Wildman–Crippen MR) is 114 cm³/mol. The Labute approximate surface area is 178 Å². The monoisotopic (exact) mass is 426 g/mol. The summed E-state index contributed by atoms with van der Waals surface area (Å²) in [6.07, 6.45) is 1.93. The van der Waals surface area contributed by atoms with Gasteiger partial charge in [0.2, 0.25) is 0 Å². The van der Waals surface area contributed by atoms with Crippen LogP contribution in [0.4, 0.5) is 5.13 Å². The molecule has 2 aromatic carbocycles. The Morgan fingerprint density at radius 1 is 1.20 bits per heavy atom. The number of para-hydroxylation sites is 1. The summed E-state index contributed by atoms with van der Waals surface area (Å²) in [6, 6.07) is 11.1. The normalized spacial score (nSPS) is 17.8. The Balaban J connectivity index is 1.52. The number of hydrogen-bond acceptors (Lipinski definition) is 7. The first-order valence-electron chi connectivity index (χ1n) is 9.99. The van der Waals surface area contributed by atoms with Gasteiger partial charge in [0.15, 0.2) is 16.6 Å². The Kier molecular flexibility index (Phi) is 5.18. The number of benzene rings is 2. The molecule has 7 nitrogen and oxygen atoms in total. The maximum Gasteiger partial charge on any atom is 0.260 e. The molecule has 2 aliphatic rings. The molecular formula is C22H22N2O5S. The van der Waals surface area contributed by atoms with Crippen molar-refractivity contribution in [1.29, 1.82) is 0 Å². The Morgan fingerprint density at radius 3 is 2.87 bits per heavy atom. The fourth-order valence-corrected chi connectivity index (χ4v) is 4.75. The Morgan fingerprint density at radius 2 is 2.07 bits per heavy atom. The molecule has 0 N–H and O–H groups in total. The standard InChI is InChI=1S/C22H22N2O5S/c1-26-17-5-2-6-19-20(17)23-22(30-19)24(13-15-4-3-9-27-15)21(25)14-7-8-16-18(12-14)29-11-10-28-16/h2,5-8,12,15H,3-4,9-11,13H2,1H3. The highest BCUT2D eigenvalue weighted by atomic mass is 32.1. The van der Waals surface area contributed by atoms with E-state index in [1.165, 1.54) is 11.3 Å². The van der Waals surface area contributed by atoms with Crippen LogP contribution in [0.3, 0.4) is 0 Å². The molecule has 1 saturated heterocycles. The SMILES string of the molecule is COc1cccc2sc(N(CC3CCCO3)C(=O)c3ccc4c(c3)OCCO4)nc12. The smallest absolute Gasteiger partial charge is 0.260 e.